The van der Waals surface area contributed by atoms with Gasteiger partial charge in [-0.15, -0.1) is 0 Å². The Bertz CT molecular complexity index is 199. The van der Waals surface area contributed by atoms with E-state index in [2.05, 4.69) is 0 Å². The largest absolute Gasteiger partial charge is 0.490 e. The van der Waals surface area contributed by atoms with Gasteiger partial charge in [0.2, 0.25) is 0 Å². The Morgan fingerprint density at radius 2 is 1.67 bits per heavy atom. The van der Waals surface area contributed by atoms with Crippen LogP contribution in [0.25, 0.3) is 0 Å². The molecule has 1 heterocycles. The molecule has 0 amide bonds. The van der Waals surface area contributed by atoms with Crippen LogP contribution < -0.4 is 0 Å². The highest BCUT2D eigenvalue weighted by Crippen LogP contribution is 2.13. The van der Waals surface area contributed by atoms with Gasteiger partial charge in [-0.05, 0) is 12.8 Å². The average molecular weight is 227 g/mol. The Hall–Kier alpha value is -1.29. The fraction of sp³-hybridized carbons (Fsp3) is 0.750. The Balaban J connectivity index is 0. The topological polar surface area (TPSA) is 70.3 Å². The maximum atomic E-state index is 10.6. The summed E-state index contributed by atoms with van der Waals surface area (Å²) < 4.78 is 36.7. The molecule has 1 N–H and O–H groups in total. The lowest BCUT2D eigenvalue weighted by Gasteiger charge is -1.93. The minimum absolute atomic E-state index is 1.00. The fourth-order valence-corrected chi connectivity index (χ4v) is 0.510. The normalized spacial score (nSPS) is 13.8. The van der Waals surface area contributed by atoms with E-state index < -0.39 is 12.1 Å². The Morgan fingerprint density at radius 1 is 1.40 bits per heavy atom. The summed E-state index contributed by atoms with van der Waals surface area (Å²) in [5, 5.41) is 14.4. The third-order valence-electron chi connectivity index (χ3n) is 1.07. The third kappa shape index (κ3) is 15.5. The van der Waals surface area contributed by atoms with Crippen molar-refractivity contribution in [3.63, 3.8) is 0 Å². The summed E-state index contributed by atoms with van der Waals surface area (Å²) in [6.45, 7) is 3.43. The van der Waals surface area contributed by atoms with Gasteiger partial charge in [0.25, 0.3) is 0 Å². The summed E-state index contributed by atoms with van der Waals surface area (Å²) in [7, 11) is 0. The van der Waals surface area contributed by atoms with Crippen LogP contribution in [0.2, 0.25) is 0 Å². The van der Waals surface area contributed by atoms with Crippen LogP contribution in [-0.4, -0.2) is 30.5 Å². The van der Waals surface area contributed by atoms with Crippen LogP contribution in [0, 0.1) is 11.3 Å². The van der Waals surface area contributed by atoms with Crippen LogP contribution in [0.1, 0.15) is 19.8 Å². The van der Waals surface area contributed by atoms with E-state index in [0.29, 0.717) is 0 Å². The molecule has 0 aromatic heterocycles. The molecule has 0 aromatic rings. The highest BCUT2D eigenvalue weighted by molar-refractivity contribution is 5.73. The van der Waals surface area contributed by atoms with E-state index in [1.807, 2.05) is 0 Å². The maximum Gasteiger partial charge on any atom is 0.490 e. The Kier molecular flexibility index (Phi) is 9.98. The minimum Gasteiger partial charge on any atom is -0.475 e. The van der Waals surface area contributed by atoms with Crippen LogP contribution in [0.5, 0.6) is 0 Å². The number of nitriles is 1. The van der Waals surface area contributed by atoms with E-state index in [4.69, 9.17) is 19.9 Å². The van der Waals surface area contributed by atoms with Gasteiger partial charge in [0.05, 0.1) is 6.07 Å². The van der Waals surface area contributed by atoms with Crippen LogP contribution in [-0.2, 0) is 9.53 Å². The molecule has 0 aliphatic carbocycles. The molecule has 7 heteroatoms. The van der Waals surface area contributed by atoms with Gasteiger partial charge in [0, 0.05) is 20.1 Å². The van der Waals surface area contributed by atoms with E-state index >= 15 is 0 Å². The molecule has 1 rings (SSSR count). The van der Waals surface area contributed by atoms with E-state index in [1.54, 1.807) is 6.07 Å². The molecule has 4 nitrogen and oxygen atoms in total. The van der Waals surface area contributed by atoms with Gasteiger partial charge in [-0.3, -0.25) is 0 Å². The van der Waals surface area contributed by atoms with Crippen molar-refractivity contribution in [3.8, 4) is 6.07 Å². The first-order valence-electron chi connectivity index (χ1n) is 4.05. The zero-order chi connectivity index (χ0) is 12.3. The predicted octanol–water partition coefficient (Wildman–Crippen LogP) is 1.96. The van der Waals surface area contributed by atoms with Gasteiger partial charge in [-0.2, -0.15) is 18.4 Å². The average Bonchev–Trinajstić information content (AvgIpc) is 2.59. The molecule has 0 atom stereocenters. The molecule has 1 fully saturated rings. The van der Waals surface area contributed by atoms with E-state index in [-0.39, 0.29) is 0 Å². The van der Waals surface area contributed by atoms with Crippen molar-refractivity contribution in [2.75, 3.05) is 13.2 Å². The number of halogens is 3. The van der Waals surface area contributed by atoms with Crippen LogP contribution >= 0.6 is 0 Å². The second-order valence-corrected chi connectivity index (χ2v) is 2.35. The first-order chi connectivity index (χ1) is 6.86. The highest BCUT2D eigenvalue weighted by atomic mass is 19.4. The molecule has 88 valence electrons. The highest BCUT2D eigenvalue weighted by Gasteiger charge is 2.38. The summed E-state index contributed by atoms with van der Waals surface area (Å²) in [4.78, 5) is 8.90. The van der Waals surface area contributed by atoms with Gasteiger partial charge < -0.3 is 9.84 Å². The molecule has 0 radical (unpaired) electrons. The van der Waals surface area contributed by atoms with E-state index in [0.717, 1.165) is 13.2 Å². The van der Waals surface area contributed by atoms with Gasteiger partial charge in [-0.1, -0.05) is 0 Å². The van der Waals surface area contributed by atoms with Crippen molar-refractivity contribution >= 4 is 5.97 Å². The Morgan fingerprint density at radius 3 is 1.73 bits per heavy atom. The molecule has 1 aliphatic rings. The summed E-state index contributed by atoms with van der Waals surface area (Å²) in [6, 6.07) is 1.75. The number of ether oxygens (including phenoxy) is 1. The number of carbonyl (C=O) groups is 1. The lowest BCUT2D eigenvalue weighted by atomic mass is 10.4. The van der Waals surface area contributed by atoms with Gasteiger partial charge in [0.15, 0.2) is 0 Å². The SMILES string of the molecule is C1CCOC1.CC#N.O=C(O)C(F)(F)F. The van der Waals surface area contributed by atoms with Crippen molar-refractivity contribution in [3.05, 3.63) is 0 Å². The second kappa shape index (κ2) is 9.27. The second-order valence-electron chi connectivity index (χ2n) is 2.35. The van der Waals surface area contributed by atoms with Crippen molar-refractivity contribution in [2.45, 2.75) is 25.9 Å². The van der Waals surface area contributed by atoms with Crippen molar-refractivity contribution in [2.24, 2.45) is 0 Å². The number of alkyl halides is 3. The van der Waals surface area contributed by atoms with Crippen molar-refractivity contribution < 1.29 is 27.8 Å². The van der Waals surface area contributed by atoms with Crippen molar-refractivity contribution in [1.82, 2.24) is 0 Å². The number of hydrogen-bond donors (Lipinski definition) is 1. The lowest BCUT2D eigenvalue weighted by molar-refractivity contribution is -0.192. The number of rotatable bonds is 0. The standard InChI is InChI=1S/C4H8O.C2HF3O2.C2H3N/c1-2-4-5-3-1;3-2(4,5)1(6)7;1-2-3/h1-4H2;(H,6,7);1H3. The molecule has 0 unspecified atom stereocenters. The zero-order valence-corrected chi connectivity index (χ0v) is 8.17. The molecule has 0 aromatic carbocycles. The van der Waals surface area contributed by atoms with Crippen LogP contribution in [0.4, 0.5) is 13.2 Å². The quantitative estimate of drug-likeness (QED) is 0.686. The molecule has 0 saturated carbocycles. The van der Waals surface area contributed by atoms with Gasteiger partial charge >= 0.3 is 12.1 Å². The monoisotopic (exact) mass is 227 g/mol. The zero-order valence-electron chi connectivity index (χ0n) is 8.17. The predicted molar refractivity (Wildman–Crippen MR) is 45.0 cm³/mol. The van der Waals surface area contributed by atoms with Crippen LogP contribution in [0.3, 0.4) is 0 Å². The first-order valence-corrected chi connectivity index (χ1v) is 4.05. The summed E-state index contributed by atoms with van der Waals surface area (Å²) in [5.74, 6) is -2.76. The molecule has 1 aliphatic heterocycles. The molecular weight excluding hydrogens is 215 g/mol. The number of aliphatic carboxylic acids is 1. The number of carboxylic acid groups (broad SMARTS) is 1. The van der Waals surface area contributed by atoms with Gasteiger partial charge in [-0.25, -0.2) is 4.79 Å². The maximum absolute atomic E-state index is 10.6. The van der Waals surface area contributed by atoms with Crippen molar-refractivity contribution in [1.29, 1.82) is 5.26 Å². The smallest absolute Gasteiger partial charge is 0.475 e. The molecule has 15 heavy (non-hydrogen) atoms. The van der Waals surface area contributed by atoms with Gasteiger partial charge in [0.1, 0.15) is 0 Å². The van der Waals surface area contributed by atoms with E-state index in [9.17, 15) is 13.2 Å². The van der Waals surface area contributed by atoms with Crippen LogP contribution in [0.15, 0.2) is 0 Å². The van der Waals surface area contributed by atoms with E-state index in [1.165, 1.54) is 19.8 Å². The Labute approximate surface area is 85.3 Å². The molecule has 0 spiro atoms. The number of hydrogen-bond acceptors (Lipinski definition) is 3. The summed E-state index contributed by atoms with van der Waals surface area (Å²) in [6.07, 6.45) is -2.53. The summed E-state index contributed by atoms with van der Waals surface area (Å²) in [5.41, 5.74) is 0. The third-order valence-corrected chi connectivity index (χ3v) is 1.07. The fourth-order valence-electron chi connectivity index (χ4n) is 0.510. The molecule has 0 bridgehead atoms. The lowest BCUT2D eigenvalue weighted by Crippen LogP contribution is -2.21. The number of carboxylic acids is 1. The number of nitrogens with zero attached hydrogens (tertiary/aromatic N) is 1. The minimum atomic E-state index is -5.08. The molecular formula is C8H12F3NO3. The molecule has 1 saturated heterocycles. The first kappa shape index (κ1) is 16.2. The summed E-state index contributed by atoms with van der Waals surface area (Å²) >= 11 is 0.